The molecule has 1 aromatic rings. The molecule has 5 nitrogen and oxygen atoms in total. The standard InChI is InChI=1S/C14H25N3O2S2/c1-4-15-10-13-11(2)8-14(20-13)21(18,19)16-9-12-6-5-7-17(12)3/h8,12,15-16H,4-7,9-10H2,1-3H3. The molecular formula is C14H25N3O2S2. The van der Waals surface area contributed by atoms with E-state index in [4.69, 9.17) is 0 Å². The lowest BCUT2D eigenvalue weighted by molar-refractivity contribution is 0.311. The van der Waals surface area contributed by atoms with E-state index in [1.54, 1.807) is 6.07 Å². The predicted molar refractivity (Wildman–Crippen MR) is 87.3 cm³/mol. The maximum atomic E-state index is 12.4. The van der Waals surface area contributed by atoms with Crippen LogP contribution in [0.15, 0.2) is 10.3 Å². The molecule has 120 valence electrons. The van der Waals surface area contributed by atoms with Crippen LogP contribution < -0.4 is 10.0 Å². The van der Waals surface area contributed by atoms with Crippen LogP contribution in [0.2, 0.25) is 0 Å². The first-order valence-corrected chi connectivity index (χ1v) is 9.74. The number of hydrogen-bond acceptors (Lipinski definition) is 5. The highest BCUT2D eigenvalue weighted by molar-refractivity contribution is 7.91. The first-order valence-electron chi connectivity index (χ1n) is 7.44. The van der Waals surface area contributed by atoms with E-state index in [0.29, 0.717) is 16.8 Å². The third-order valence-electron chi connectivity index (χ3n) is 3.98. The summed E-state index contributed by atoms with van der Waals surface area (Å²) in [6.45, 7) is 7.17. The second-order valence-corrected chi connectivity index (χ2v) is 8.71. The molecule has 21 heavy (non-hydrogen) atoms. The molecule has 0 aromatic carbocycles. The van der Waals surface area contributed by atoms with E-state index in [1.165, 1.54) is 11.3 Å². The zero-order chi connectivity index (χ0) is 15.5. The fraction of sp³-hybridized carbons (Fsp3) is 0.714. The lowest BCUT2D eigenvalue weighted by Crippen LogP contribution is -2.37. The maximum absolute atomic E-state index is 12.4. The maximum Gasteiger partial charge on any atom is 0.250 e. The Hall–Kier alpha value is -0.470. The number of nitrogens with zero attached hydrogens (tertiary/aromatic N) is 1. The van der Waals surface area contributed by atoms with E-state index in [1.807, 2.05) is 13.8 Å². The van der Waals surface area contributed by atoms with Crippen LogP contribution in [0.25, 0.3) is 0 Å². The molecule has 1 saturated heterocycles. The lowest BCUT2D eigenvalue weighted by atomic mass is 10.2. The van der Waals surface area contributed by atoms with Crippen LogP contribution in [0.3, 0.4) is 0 Å². The van der Waals surface area contributed by atoms with Crippen molar-refractivity contribution in [1.29, 1.82) is 0 Å². The largest absolute Gasteiger partial charge is 0.312 e. The van der Waals surface area contributed by atoms with Crippen molar-refractivity contribution in [2.45, 2.75) is 43.5 Å². The topological polar surface area (TPSA) is 61.4 Å². The quantitative estimate of drug-likeness (QED) is 0.796. The van der Waals surface area contributed by atoms with Crippen molar-refractivity contribution >= 4 is 21.4 Å². The Balaban J connectivity index is 2.01. The smallest absolute Gasteiger partial charge is 0.250 e. The van der Waals surface area contributed by atoms with Crippen LogP contribution in [0.1, 0.15) is 30.2 Å². The summed E-state index contributed by atoms with van der Waals surface area (Å²) in [6, 6.07) is 2.10. The van der Waals surface area contributed by atoms with Gasteiger partial charge < -0.3 is 10.2 Å². The Morgan fingerprint density at radius 3 is 2.86 bits per heavy atom. The van der Waals surface area contributed by atoms with Gasteiger partial charge in [-0.05, 0) is 51.5 Å². The fourth-order valence-corrected chi connectivity index (χ4v) is 5.23. The van der Waals surface area contributed by atoms with E-state index < -0.39 is 10.0 Å². The summed E-state index contributed by atoms with van der Waals surface area (Å²) in [6.07, 6.45) is 2.21. The third-order valence-corrected chi connectivity index (χ3v) is 7.11. The molecule has 0 saturated carbocycles. The fourth-order valence-electron chi connectivity index (χ4n) is 2.55. The molecule has 2 N–H and O–H groups in total. The average molecular weight is 332 g/mol. The van der Waals surface area contributed by atoms with Crippen LogP contribution in [0.5, 0.6) is 0 Å². The Bertz CT molecular complexity index is 569. The monoisotopic (exact) mass is 331 g/mol. The molecule has 1 fully saturated rings. The predicted octanol–water partition coefficient (Wildman–Crippen LogP) is 1.54. The number of nitrogens with one attached hydrogen (secondary N) is 2. The second-order valence-electron chi connectivity index (χ2n) is 5.58. The molecule has 0 bridgehead atoms. The first kappa shape index (κ1) is 16.9. The first-order chi connectivity index (χ1) is 9.94. The van der Waals surface area contributed by atoms with Crippen LogP contribution in [-0.4, -0.2) is 46.0 Å². The Labute approximate surface area is 131 Å². The van der Waals surface area contributed by atoms with Crippen molar-refractivity contribution in [2.75, 3.05) is 26.7 Å². The minimum Gasteiger partial charge on any atom is -0.312 e. The summed E-state index contributed by atoms with van der Waals surface area (Å²) >= 11 is 1.36. The molecule has 2 rings (SSSR count). The van der Waals surface area contributed by atoms with E-state index in [9.17, 15) is 8.42 Å². The lowest BCUT2D eigenvalue weighted by Gasteiger charge is -2.19. The highest BCUT2D eigenvalue weighted by Gasteiger charge is 2.24. The van der Waals surface area contributed by atoms with Crippen LogP contribution in [-0.2, 0) is 16.6 Å². The van der Waals surface area contributed by atoms with Crippen molar-refractivity contribution < 1.29 is 8.42 Å². The van der Waals surface area contributed by atoms with Gasteiger partial charge in [-0.3, -0.25) is 0 Å². The van der Waals surface area contributed by atoms with E-state index in [2.05, 4.69) is 22.0 Å². The summed E-state index contributed by atoms with van der Waals surface area (Å²) < 4.78 is 28.0. The number of likely N-dealkylation sites (tertiary alicyclic amines) is 1. The molecule has 1 aliphatic rings. The molecule has 1 unspecified atom stereocenters. The number of thiophene rings is 1. The molecule has 7 heteroatoms. The number of likely N-dealkylation sites (N-methyl/N-ethyl adjacent to an activating group) is 1. The van der Waals surface area contributed by atoms with Crippen molar-refractivity contribution in [1.82, 2.24) is 14.9 Å². The summed E-state index contributed by atoms with van der Waals surface area (Å²) in [5, 5.41) is 3.24. The van der Waals surface area contributed by atoms with Gasteiger partial charge in [0.2, 0.25) is 10.0 Å². The van der Waals surface area contributed by atoms with Gasteiger partial charge in [-0.1, -0.05) is 6.92 Å². The number of sulfonamides is 1. The Morgan fingerprint density at radius 2 is 2.24 bits per heavy atom. The van der Waals surface area contributed by atoms with Crippen molar-refractivity contribution in [2.24, 2.45) is 0 Å². The molecule has 1 atom stereocenters. The van der Waals surface area contributed by atoms with Crippen molar-refractivity contribution in [3.63, 3.8) is 0 Å². The molecule has 0 aliphatic carbocycles. The highest BCUT2D eigenvalue weighted by atomic mass is 32.2. The zero-order valence-corrected chi connectivity index (χ0v) is 14.6. The molecule has 0 radical (unpaired) electrons. The van der Waals surface area contributed by atoms with Crippen LogP contribution in [0, 0.1) is 6.92 Å². The van der Waals surface area contributed by atoms with E-state index in [0.717, 1.165) is 42.9 Å². The van der Waals surface area contributed by atoms with Gasteiger partial charge in [-0.2, -0.15) is 0 Å². The molecule has 2 heterocycles. The molecule has 1 aromatic heterocycles. The van der Waals surface area contributed by atoms with Crippen LogP contribution in [0.4, 0.5) is 0 Å². The van der Waals surface area contributed by atoms with Gasteiger partial charge in [0.25, 0.3) is 0 Å². The zero-order valence-electron chi connectivity index (χ0n) is 13.0. The summed E-state index contributed by atoms with van der Waals surface area (Å²) in [7, 11) is -1.33. The molecular weight excluding hydrogens is 306 g/mol. The minimum absolute atomic E-state index is 0.321. The van der Waals surface area contributed by atoms with Crippen LogP contribution >= 0.6 is 11.3 Å². The summed E-state index contributed by atoms with van der Waals surface area (Å²) in [5.41, 5.74) is 1.04. The van der Waals surface area contributed by atoms with Gasteiger partial charge in [-0.25, -0.2) is 13.1 Å². The average Bonchev–Trinajstić information content (AvgIpc) is 3.01. The number of aryl methyl sites for hydroxylation is 1. The highest BCUT2D eigenvalue weighted by Crippen LogP contribution is 2.26. The summed E-state index contributed by atoms with van der Waals surface area (Å²) in [5.74, 6) is 0. The molecule has 0 amide bonds. The Morgan fingerprint density at radius 1 is 1.48 bits per heavy atom. The number of rotatable bonds is 7. The minimum atomic E-state index is -3.38. The van der Waals surface area contributed by atoms with E-state index in [-0.39, 0.29) is 0 Å². The van der Waals surface area contributed by atoms with Gasteiger partial charge >= 0.3 is 0 Å². The third kappa shape index (κ3) is 4.26. The van der Waals surface area contributed by atoms with Gasteiger partial charge in [0.15, 0.2) is 0 Å². The van der Waals surface area contributed by atoms with Gasteiger partial charge in [0.1, 0.15) is 4.21 Å². The van der Waals surface area contributed by atoms with E-state index >= 15 is 0 Å². The van der Waals surface area contributed by atoms with Gasteiger partial charge in [-0.15, -0.1) is 11.3 Å². The van der Waals surface area contributed by atoms with Gasteiger partial charge in [0.05, 0.1) is 0 Å². The van der Waals surface area contributed by atoms with Crippen molar-refractivity contribution in [3.8, 4) is 0 Å². The SMILES string of the molecule is CCNCc1sc(S(=O)(=O)NCC2CCCN2C)cc1C. The summed E-state index contributed by atoms with van der Waals surface area (Å²) in [4.78, 5) is 3.31. The normalized spacial score (nSPS) is 20.2. The van der Waals surface area contributed by atoms with Gasteiger partial charge in [0, 0.05) is 24.0 Å². The number of hydrogen-bond donors (Lipinski definition) is 2. The van der Waals surface area contributed by atoms with Crippen molar-refractivity contribution in [3.05, 3.63) is 16.5 Å². The second kappa shape index (κ2) is 7.19. The Kier molecular flexibility index (Phi) is 5.79. The molecule has 1 aliphatic heterocycles. The molecule has 0 spiro atoms.